The van der Waals surface area contributed by atoms with E-state index >= 15 is 0 Å². The Balaban J connectivity index is 1.44. The molecule has 1 aromatic carbocycles. The topological polar surface area (TPSA) is 96.1 Å². The van der Waals surface area contributed by atoms with Gasteiger partial charge in [0.25, 0.3) is 0 Å². The van der Waals surface area contributed by atoms with Crippen molar-refractivity contribution in [2.24, 2.45) is 5.10 Å². The summed E-state index contributed by atoms with van der Waals surface area (Å²) in [6, 6.07) is 8.27. The van der Waals surface area contributed by atoms with E-state index in [1.165, 1.54) is 16.9 Å². The van der Waals surface area contributed by atoms with E-state index in [4.69, 9.17) is 10.5 Å². The number of nitrogens with zero attached hydrogens (tertiary/aromatic N) is 4. The molecule has 3 rings (SSSR count). The fourth-order valence-corrected chi connectivity index (χ4v) is 3.43. The van der Waals surface area contributed by atoms with Crippen molar-refractivity contribution in [1.29, 1.82) is 0 Å². The quantitative estimate of drug-likeness (QED) is 0.574. The zero-order valence-electron chi connectivity index (χ0n) is 17.1. The molecule has 1 amide bonds. The van der Waals surface area contributed by atoms with Crippen LogP contribution in [0.15, 0.2) is 34.7 Å². The second kappa shape index (κ2) is 9.23. The molecule has 1 saturated heterocycles. The van der Waals surface area contributed by atoms with Gasteiger partial charge in [0, 0.05) is 38.1 Å². The molecule has 2 aromatic rings. The number of thiazole rings is 1. The highest BCUT2D eigenvalue weighted by atomic mass is 32.1. The van der Waals surface area contributed by atoms with Gasteiger partial charge in [-0.2, -0.15) is 5.10 Å². The zero-order valence-corrected chi connectivity index (χ0v) is 17.9. The number of ether oxygens (including phenoxy) is 1. The molecule has 29 heavy (non-hydrogen) atoms. The Morgan fingerprint density at radius 2 is 1.97 bits per heavy atom. The van der Waals surface area contributed by atoms with Crippen LogP contribution in [0.25, 0.3) is 0 Å². The highest BCUT2D eigenvalue weighted by molar-refractivity contribution is 7.14. The number of nitrogens with two attached hydrogens (primary N) is 1. The average molecular weight is 417 g/mol. The van der Waals surface area contributed by atoms with Gasteiger partial charge in [-0.25, -0.2) is 9.78 Å². The molecule has 1 fully saturated rings. The number of carbonyl (C=O) groups is 1. The number of aromatic nitrogens is 1. The van der Waals surface area contributed by atoms with Gasteiger partial charge < -0.3 is 15.4 Å². The van der Waals surface area contributed by atoms with Crippen molar-refractivity contribution in [3.63, 3.8) is 0 Å². The number of hydrogen-bond acceptors (Lipinski definition) is 8. The minimum Gasteiger partial charge on any atom is -0.444 e. The first-order valence-corrected chi connectivity index (χ1v) is 10.5. The maximum absolute atomic E-state index is 12.2. The first-order valence-electron chi connectivity index (χ1n) is 9.58. The Morgan fingerprint density at radius 3 is 2.55 bits per heavy atom. The predicted molar refractivity (Wildman–Crippen MR) is 117 cm³/mol. The lowest BCUT2D eigenvalue weighted by molar-refractivity contribution is 0.0139. The van der Waals surface area contributed by atoms with Gasteiger partial charge in [0.1, 0.15) is 11.4 Å². The van der Waals surface area contributed by atoms with Crippen LogP contribution in [0.1, 0.15) is 31.9 Å². The molecule has 1 aromatic heterocycles. The molecule has 0 aliphatic carbocycles. The normalized spacial score (nSPS) is 15.6. The lowest BCUT2D eigenvalue weighted by Gasteiger charge is -2.35. The van der Waals surface area contributed by atoms with Crippen LogP contribution in [0.4, 0.5) is 15.7 Å². The number of hydrogen-bond donors (Lipinski definition) is 2. The minimum absolute atomic E-state index is 0.227. The number of amides is 1. The highest BCUT2D eigenvalue weighted by Crippen LogP contribution is 2.16. The summed E-state index contributed by atoms with van der Waals surface area (Å²) >= 11 is 1.41. The van der Waals surface area contributed by atoms with E-state index in [9.17, 15) is 4.79 Å². The summed E-state index contributed by atoms with van der Waals surface area (Å²) in [5.41, 5.74) is 10.2. The molecular weight excluding hydrogens is 388 g/mol. The van der Waals surface area contributed by atoms with E-state index in [0.717, 1.165) is 25.2 Å². The van der Waals surface area contributed by atoms with Gasteiger partial charge in [0.15, 0.2) is 0 Å². The maximum atomic E-state index is 12.2. The lowest BCUT2D eigenvalue weighted by Crippen LogP contribution is -2.49. The Labute approximate surface area is 175 Å². The molecule has 3 N–H and O–H groups in total. The van der Waals surface area contributed by atoms with E-state index < -0.39 is 5.60 Å². The number of rotatable bonds is 5. The van der Waals surface area contributed by atoms with Gasteiger partial charge >= 0.3 is 6.09 Å². The summed E-state index contributed by atoms with van der Waals surface area (Å²) in [5.74, 6) is 0.490. The van der Waals surface area contributed by atoms with E-state index in [-0.39, 0.29) is 6.09 Å². The van der Waals surface area contributed by atoms with Crippen LogP contribution in [-0.4, -0.2) is 58.9 Å². The molecule has 0 saturated carbocycles. The summed E-state index contributed by atoms with van der Waals surface area (Å²) in [6.07, 6.45) is 1.52. The molecule has 0 radical (unpaired) electrons. The summed E-state index contributed by atoms with van der Waals surface area (Å²) in [5, 5.41) is 6.61. The number of piperazine rings is 1. The molecule has 1 aliphatic rings. The average Bonchev–Trinajstić information content (AvgIpc) is 3.07. The van der Waals surface area contributed by atoms with Gasteiger partial charge in [-0.15, -0.1) is 11.3 Å². The van der Waals surface area contributed by atoms with Crippen LogP contribution in [0, 0.1) is 0 Å². The SMILES string of the molecule is CC(C)(C)OC(=O)N1CCN(Cc2ccc(C=NNc3nc(N)cs3)cc2)CC1. The molecule has 156 valence electrons. The van der Waals surface area contributed by atoms with Gasteiger partial charge in [-0.05, 0) is 31.9 Å². The van der Waals surface area contributed by atoms with Crippen LogP contribution in [0.2, 0.25) is 0 Å². The van der Waals surface area contributed by atoms with Crippen molar-refractivity contribution in [2.45, 2.75) is 32.9 Å². The second-order valence-electron chi connectivity index (χ2n) is 7.93. The Bertz CT molecular complexity index is 835. The Hall–Kier alpha value is -2.65. The summed E-state index contributed by atoms with van der Waals surface area (Å²) in [7, 11) is 0. The van der Waals surface area contributed by atoms with E-state index in [2.05, 4.69) is 32.5 Å². The van der Waals surface area contributed by atoms with E-state index in [1.54, 1.807) is 16.5 Å². The van der Waals surface area contributed by atoms with Gasteiger partial charge in [0.05, 0.1) is 6.21 Å². The Morgan fingerprint density at radius 1 is 1.28 bits per heavy atom. The third-order valence-electron chi connectivity index (χ3n) is 4.31. The number of nitrogens with one attached hydrogen (secondary N) is 1. The van der Waals surface area contributed by atoms with Crippen molar-refractivity contribution in [2.75, 3.05) is 37.3 Å². The smallest absolute Gasteiger partial charge is 0.410 e. The van der Waals surface area contributed by atoms with Gasteiger partial charge in [-0.3, -0.25) is 10.3 Å². The van der Waals surface area contributed by atoms with Crippen molar-refractivity contribution in [3.8, 4) is 0 Å². The van der Waals surface area contributed by atoms with E-state index in [1.807, 2.05) is 32.9 Å². The van der Waals surface area contributed by atoms with Crippen LogP contribution in [0.3, 0.4) is 0 Å². The highest BCUT2D eigenvalue weighted by Gasteiger charge is 2.25. The first kappa shape index (κ1) is 21.1. The standard InChI is InChI=1S/C20H28N6O2S/c1-20(2,3)28-19(27)26-10-8-25(9-11-26)13-16-6-4-15(5-7-16)12-22-24-18-23-17(21)14-29-18/h4-7,12,14H,8-11,13,21H2,1-3H3,(H,23,24). The fraction of sp³-hybridized carbons (Fsp3) is 0.450. The second-order valence-corrected chi connectivity index (χ2v) is 8.79. The van der Waals surface area contributed by atoms with Crippen molar-refractivity contribution < 1.29 is 9.53 Å². The van der Waals surface area contributed by atoms with Crippen LogP contribution < -0.4 is 11.2 Å². The van der Waals surface area contributed by atoms with Crippen LogP contribution in [0.5, 0.6) is 0 Å². The Kier molecular flexibility index (Phi) is 6.71. The molecular formula is C20H28N6O2S. The molecule has 8 nitrogen and oxygen atoms in total. The number of anilines is 2. The molecule has 0 atom stereocenters. The molecule has 2 heterocycles. The fourth-order valence-electron chi connectivity index (χ4n) is 2.88. The zero-order chi connectivity index (χ0) is 20.9. The molecule has 9 heteroatoms. The molecule has 0 spiro atoms. The lowest BCUT2D eigenvalue weighted by atomic mass is 10.1. The van der Waals surface area contributed by atoms with Crippen LogP contribution in [-0.2, 0) is 11.3 Å². The largest absolute Gasteiger partial charge is 0.444 e. The third-order valence-corrected chi connectivity index (χ3v) is 5.07. The number of nitrogen functional groups attached to an aromatic ring is 1. The monoisotopic (exact) mass is 416 g/mol. The molecule has 0 bridgehead atoms. The number of benzene rings is 1. The van der Waals surface area contributed by atoms with E-state index in [0.29, 0.717) is 24.0 Å². The van der Waals surface area contributed by atoms with Crippen molar-refractivity contribution in [3.05, 3.63) is 40.8 Å². The summed E-state index contributed by atoms with van der Waals surface area (Å²) in [6.45, 7) is 9.57. The third kappa shape index (κ3) is 6.72. The number of carbonyl (C=O) groups excluding carboxylic acids is 1. The first-order chi connectivity index (χ1) is 13.8. The van der Waals surface area contributed by atoms with Crippen molar-refractivity contribution >= 4 is 34.6 Å². The summed E-state index contributed by atoms with van der Waals surface area (Å²) < 4.78 is 5.45. The predicted octanol–water partition coefficient (Wildman–Crippen LogP) is 3.22. The molecule has 1 aliphatic heterocycles. The van der Waals surface area contributed by atoms with Crippen molar-refractivity contribution in [1.82, 2.24) is 14.8 Å². The minimum atomic E-state index is -0.456. The summed E-state index contributed by atoms with van der Waals surface area (Å²) in [4.78, 5) is 20.4. The van der Waals surface area contributed by atoms with Gasteiger partial charge in [-0.1, -0.05) is 24.3 Å². The number of hydrazone groups is 1. The maximum Gasteiger partial charge on any atom is 0.410 e. The van der Waals surface area contributed by atoms with Gasteiger partial charge in [0.2, 0.25) is 5.13 Å². The molecule has 0 unspecified atom stereocenters. The van der Waals surface area contributed by atoms with Crippen LogP contribution >= 0.6 is 11.3 Å².